The Balaban J connectivity index is 2.87. The van der Waals surface area contributed by atoms with Crippen LogP contribution < -0.4 is 4.74 Å². The van der Waals surface area contributed by atoms with Crippen LogP contribution >= 0.6 is 15.9 Å². The van der Waals surface area contributed by atoms with Crippen molar-refractivity contribution >= 4 is 21.8 Å². The predicted molar refractivity (Wildman–Crippen MR) is 72.6 cm³/mol. The molecule has 0 saturated carbocycles. The maximum Gasteiger partial charge on any atom is 0.257 e. The monoisotopic (exact) mass is 299 g/mol. The van der Waals surface area contributed by atoms with Gasteiger partial charge in [-0.05, 0) is 24.6 Å². The van der Waals surface area contributed by atoms with E-state index in [0.717, 1.165) is 23.9 Å². The molecular formula is C13H18BrNO2. The summed E-state index contributed by atoms with van der Waals surface area (Å²) in [5.41, 5.74) is 0.606. The van der Waals surface area contributed by atoms with Crippen LogP contribution in [0.15, 0.2) is 22.7 Å². The number of nitrogens with zero attached hydrogens (tertiary/aromatic N) is 1. The van der Waals surface area contributed by atoms with E-state index in [2.05, 4.69) is 22.9 Å². The summed E-state index contributed by atoms with van der Waals surface area (Å²) in [5, 5.41) is 0. The first-order valence-corrected chi connectivity index (χ1v) is 6.48. The number of benzene rings is 1. The topological polar surface area (TPSA) is 29.5 Å². The van der Waals surface area contributed by atoms with Crippen molar-refractivity contribution in [3.8, 4) is 5.75 Å². The van der Waals surface area contributed by atoms with E-state index in [-0.39, 0.29) is 5.91 Å². The van der Waals surface area contributed by atoms with E-state index >= 15 is 0 Å². The molecule has 3 nitrogen and oxygen atoms in total. The van der Waals surface area contributed by atoms with Crippen LogP contribution in [0.1, 0.15) is 30.1 Å². The predicted octanol–water partition coefficient (Wildman–Crippen LogP) is 3.33. The van der Waals surface area contributed by atoms with Gasteiger partial charge in [-0.3, -0.25) is 4.79 Å². The molecule has 1 aromatic carbocycles. The molecule has 0 aromatic heterocycles. The van der Waals surface area contributed by atoms with Crippen molar-refractivity contribution in [3.05, 3.63) is 28.2 Å². The number of halogens is 1. The Bertz CT molecular complexity index is 393. The second-order valence-corrected chi connectivity index (χ2v) is 4.84. The first-order chi connectivity index (χ1) is 8.10. The highest BCUT2D eigenvalue weighted by molar-refractivity contribution is 9.10. The van der Waals surface area contributed by atoms with E-state index in [4.69, 9.17) is 4.74 Å². The van der Waals surface area contributed by atoms with E-state index in [1.807, 2.05) is 13.1 Å². The first kappa shape index (κ1) is 14.0. The van der Waals surface area contributed by atoms with Crippen LogP contribution in [0.5, 0.6) is 5.75 Å². The van der Waals surface area contributed by atoms with Gasteiger partial charge in [-0.15, -0.1) is 0 Å². The molecular weight excluding hydrogens is 282 g/mol. The normalized spacial score (nSPS) is 10.1. The fraction of sp³-hybridized carbons (Fsp3) is 0.462. The second-order valence-electron chi connectivity index (χ2n) is 3.92. The zero-order valence-corrected chi connectivity index (χ0v) is 12.1. The molecule has 17 heavy (non-hydrogen) atoms. The minimum atomic E-state index is 0.00259. The van der Waals surface area contributed by atoms with Gasteiger partial charge in [-0.25, -0.2) is 0 Å². The highest BCUT2D eigenvalue weighted by Crippen LogP contribution is 2.24. The van der Waals surface area contributed by atoms with E-state index in [1.54, 1.807) is 24.1 Å². The van der Waals surface area contributed by atoms with Crippen LogP contribution in [0, 0.1) is 0 Å². The Kier molecular flexibility index (Phi) is 5.48. The van der Waals surface area contributed by atoms with Gasteiger partial charge in [0.25, 0.3) is 5.91 Å². The number of carbonyl (C=O) groups excluding carboxylic acids is 1. The van der Waals surface area contributed by atoms with E-state index in [1.165, 1.54) is 0 Å². The fourth-order valence-electron chi connectivity index (χ4n) is 1.54. The van der Waals surface area contributed by atoms with Crippen LogP contribution in [-0.2, 0) is 0 Å². The molecule has 0 aliphatic rings. The Labute approximate surface area is 111 Å². The van der Waals surface area contributed by atoms with Crippen molar-refractivity contribution in [2.24, 2.45) is 0 Å². The average Bonchev–Trinajstić information content (AvgIpc) is 2.34. The number of hydrogen-bond donors (Lipinski definition) is 0. The Morgan fingerprint density at radius 2 is 2.18 bits per heavy atom. The molecule has 0 heterocycles. The molecule has 0 atom stereocenters. The zero-order chi connectivity index (χ0) is 12.8. The molecule has 0 unspecified atom stereocenters. The van der Waals surface area contributed by atoms with E-state index in [9.17, 15) is 4.79 Å². The lowest BCUT2D eigenvalue weighted by atomic mass is 10.1. The molecule has 1 rings (SSSR count). The lowest BCUT2D eigenvalue weighted by Gasteiger charge is -2.18. The number of hydrogen-bond acceptors (Lipinski definition) is 2. The molecule has 94 valence electrons. The van der Waals surface area contributed by atoms with Gasteiger partial charge in [0.1, 0.15) is 5.75 Å². The summed E-state index contributed by atoms with van der Waals surface area (Å²) in [4.78, 5) is 13.9. The van der Waals surface area contributed by atoms with Crippen molar-refractivity contribution in [1.82, 2.24) is 4.90 Å². The van der Waals surface area contributed by atoms with Gasteiger partial charge in [-0.2, -0.15) is 0 Å². The summed E-state index contributed by atoms with van der Waals surface area (Å²) in [6.07, 6.45) is 2.09. The Morgan fingerprint density at radius 3 is 2.76 bits per heavy atom. The summed E-state index contributed by atoms with van der Waals surface area (Å²) in [6, 6.07) is 5.44. The minimum Gasteiger partial charge on any atom is -0.496 e. The molecule has 0 fully saturated rings. The van der Waals surface area contributed by atoms with Crippen LogP contribution in [0.25, 0.3) is 0 Å². The largest absolute Gasteiger partial charge is 0.496 e. The first-order valence-electron chi connectivity index (χ1n) is 5.69. The van der Waals surface area contributed by atoms with Crippen molar-refractivity contribution in [2.75, 3.05) is 20.7 Å². The molecule has 0 aliphatic carbocycles. The highest BCUT2D eigenvalue weighted by atomic mass is 79.9. The molecule has 1 aromatic rings. The molecule has 0 bridgehead atoms. The minimum absolute atomic E-state index is 0.00259. The SMILES string of the molecule is CCCCN(C)C(=O)c1ccc(Br)cc1OC. The van der Waals surface area contributed by atoms with Crippen LogP contribution in [0.4, 0.5) is 0 Å². The third kappa shape index (κ3) is 3.73. The second kappa shape index (κ2) is 6.64. The van der Waals surface area contributed by atoms with Crippen molar-refractivity contribution in [3.63, 3.8) is 0 Å². The summed E-state index contributed by atoms with van der Waals surface area (Å²) in [7, 11) is 3.39. The van der Waals surface area contributed by atoms with Gasteiger partial charge in [0.05, 0.1) is 12.7 Å². The molecule has 0 N–H and O–H groups in total. The number of ether oxygens (including phenoxy) is 1. The standard InChI is InChI=1S/C13H18BrNO2/c1-4-5-8-15(2)13(16)11-7-6-10(14)9-12(11)17-3/h6-7,9H,4-5,8H2,1-3H3. The van der Waals surface area contributed by atoms with Gasteiger partial charge in [0.2, 0.25) is 0 Å². The summed E-state index contributed by atoms with van der Waals surface area (Å²) >= 11 is 3.36. The molecule has 1 amide bonds. The van der Waals surface area contributed by atoms with Gasteiger partial charge in [0, 0.05) is 18.1 Å². The molecule has 4 heteroatoms. The lowest BCUT2D eigenvalue weighted by molar-refractivity contribution is 0.0790. The van der Waals surface area contributed by atoms with Crippen LogP contribution in [-0.4, -0.2) is 31.5 Å². The number of amides is 1. The molecule has 0 radical (unpaired) electrons. The zero-order valence-electron chi connectivity index (χ0n) is 10.5. The third-order valence-corrected chi connectivity index (χ3v) is 3.08. The fourth-order valence-corrected chi connectivity index (χ4v) is 1.88. The smallest absolute Gasteiger partial charge is 0.257 e. The maximum absolute atomic E-state index is 12.2. The molecule has 0 saturated heterocycles. The Morgan fingerprint density at radius 1 is 1.47 bits per heavy atom. The van der Waals surface area contributed by atoms with E-state index < -0.39 is 0 Å². The van der Waals surface area contributed by atoms with Crippen LogP contribution in [0.2, 0.25) is 0 Å². The quantitative estimate of drug-likeness (QED) is 0.835. The lowest BCUT2D eigenvalue weighted by Crippen LogP contribution is -2.28. The molecule has 0 aliphatic heterocycles. The number of carbonyl (C=O) groups is 1. The Hall–Kier alpha value is -1.03. The van der Waals surface area contributed by atoms with Crippen LogP contribution in [0.3, 0.4) is 0 Å². The number of rotatable bonds is 5. The van der Waals surface area contributed by atoms with Crippen molar-refractivity contribution in [2.45, 2.75) is 19.8 Å². The molecule has 0 spiro atoms. The van der Waals surface area contributed by atoms with Gasteiger partial charge in [-0.1, -0.05) is 29.3 Å². The van der Waals surface area contributed by atoms with Crippen molar-refractivity contribution < 1.29 is 9.53 Å². The summed E-state index contributed by atoms with van der Waals surface area (Å²) in [6.45, 7) is 2.88. The number of unbranched alkanes of at least 4 members (excludes halogenated alkanes) is 1. The maximum atomic E-state index is 12.2. The van der Waals surface area contributed by atoms with Gasteiger partial charge >= 0.3 is 0 Å². The van der Waals surface area contributed by atoms with Gasteiger partial charge in [0.15, 0.2) is 0 Å². The number of methoxy groups -OCH3 is 1. The van der Waals surface area contributed by atoms with E-state index in [0.29, 0.717) is 11.3 Å². The summed E-state index contributed by atoms with van der Waals surface area (Å²) < 4.78 is 6.13. The highest BCUT2D eigenvalue weighted by Gasteiger charge is 2.16. The van der Waals surface area contributed by atoms with Gasteiger partial charge < -0.3 is 9.64 Å². The van der Waals surface area contributed by atoms with Crippen molar-refractivity contribution in [1.29, 1.82) is 0 Å². The average molecular weight is 300 g/mol. The summed E-state index contributed by atoms with van der Waals surface area (Å²) in [5.74, 6) is 0.607. The third-order valence-electron chi connectivity index (χ3n) is 2.59.